The Labute approximate surface area is 122 Å². The second-order valence-electron chi connectivity index (χ2n) is 4.32. The van der Waals surface area contributed by atoms with Crippen molar-refractivity contribution in [2.24, 2.45) is 5.84 Å². The molecule has 1 unspecified atom stereocenters. The molecule has 0 bridgehead atoms. The van der Waals surface area contributed by atoms with Crippen LogP contribution < -0.4 is 16.0 Å². The average Bonchev–Trinajstić information content (AvgIpc) is 2.83. The van der Waals surface area contributed by atoms with Crippen LogP contribution in [0.15, 0.2) is 24.7 Å². The number of pyridine rings is 1. The second-order valence-corrected chi connectivity index (χ2v) is 4.73. The molecule has 0 aromatic carbocycles. The number of hydrogen-bond acceptors (Lipinski definition) is 5. The van der Waals surface area contributed by atoms with E-state index in [9.17, 15) is 0 Å². The van der Waals surface area contributed by atoms with Gasteiger partial charge in [-0.1, -0.05) is 18.5 Å². The van der Waals surface area contributed by atoms with E-state index in [0.29, 0.717) is 10.8 Å². The molecule has 0 saturated carbocycles. The molecule has 0 aliphatic heterocycles. The molecular formula is C13H18ClN5O. The maximum absolute atomic E-state index is 6.26. The zero-order chi connectivity index (χ0) is 14.5. The summed E-state index contributed by atoms with van der Waals surface area (Å²) < 4.78 is 7.19. The summed E-state index contributed by atoms with van der Waals surface area (Å²) in [5.41, 5.74) is 4.47. The Morgan fingerprint density at radius 2 is 2.30 bits per heavy atom. The van der Waals surface area contributed by atoms with Crippen molar-refractivity contribution in [2.45, 2.75) is 25.9 Å². The number of nitrogens with one attached hydrogen (secondary N) is 1. The second kappa shape index (κ2) is 6.69. The van der Waals surface area contributed by atoms with Crippen LogP contribution >= 0.6 is 11.6 Å². The molecule has 0 aliphatic rings. The number of ether oxygens (including phenoxy) is 1. The van der Waals surface area contributed by atoms with E-state index in [-0.39, 0.29) is 6.04 Å². The summed E-state index contributed by atoms with van der Waals surface area (Å²) in [6.07, 6.45) is 5.92. The van der Waals surface area contributed by atoms with Gasteiger partial charge in [-0.05, 0) is 12.5 Å². The predicted octanol–water partition coefficient (Wildman–Crippen LogP) is 1.90. The summed E-state index contributed by atoms with van der Waals surface area (Å²) >= 11 is 6.26. The van der Waals surface area contributed by atoms with Crippen LogP contribution in [0.25, 0.3) is 0 Å². The van der Waals surface area contributed by atoms with Crippen LogP contribution in [0.1, 0.15) is 30.6 Å². The van der Waals surface area contributed by atoms with Crippen molar-refractivity contribution < 1.29 is 4.74 Å². The monoisotopic (exact) mass is 295 g/mol. The van der Waals surface area contributed by atoms with Gasteiger partial charge in [-0.3, -0.25) is 15.5 Å². The minimum absolute atomic E-state index is 0.311. The summed E-state index contributed by atoms with van der Waals surface area (Å²) in [6, 6.07) is 1.54. The number of rotatable bonds is 6. The van der Waals surface area contributed by atoms with Gasteiger partial charge in [0, 0.05) is 18.3 Å². The molecule has 3 N–H and O–H groups in total. The number of nitrogens with two attached hydrogens (primary N) is 1. The minimum atomic E-state index is -0.311. The lowest BCUT2D eigenvalue weighted by Crippen LogP contribution is -2.31. The molecule has 2 aromatic heterocycles. The van der Waals surface area contributed by atoms with Gasteiger partial charge in [0.15, 0.2) is 0 Å². The van der Waals surface area contributed by atoms with Gasteiger partial charge < -0.3 is 4.74 Å². The first-order valence-corrected chi connectivity index (χ1v) is 6.75. The number of nitrogens with zero attached hydrogens (tertiary/aromatic N) is 3. The van der Waals surface area contributed by atoms with Crippen LogP contribution in [0.2, 0.25) is 5.02 Å². The van der Waals surface area contributed by atoms with Crippen LogP contribution in [-0.2, 0) is 6.54 Å². The van der Waals surface area contributed by atoms with Crippen molar-refractivity contribution in [1.29, 1.82) is 0 Å². The van der Waals surface area contributed by atoms with Crippen LogP contribution in [-0.4, -0.2) is 21.9 Å². The Balaban J connectivity index is 2.49. The van der Waals surface area contributed by atoms with Crippen LogP contribution in [0.4, 0.5) is 0 Å². The van der Waals surface area contributed by atoms with Gasteiger partial charge in [-0.2, -0.15) is 5.10 Å². The van der Waals surface area contributed by atoms with E-state index in [0.717, 1.165) is 24.2 Å². The molecule has 2 aromatic rings. The van der Waals surface area contributed by atoms with Crippen molar-refractivity contribution in [1.82, 2.24) is 20.2 Å². The Morgan fingerprint density at radius 1 is 1.50 bits per heavy atom. The van der Waals surface area contributed by atoms with Crippen molar-refractivity contribution >= 4 is 11.6 Å². The molecule has 108 valence electrons. The average molecular weight is 296 g/mol. The number of halogens is 1. The van der Waals surface area contributed by atoms with Crippen molar-refractivity contribution in [3.8, 4) is 5.75 Å². The number of aryl methyl sites for hydroxylation is 1. The first-order chi connectivity index (χ1) is 9.72. The lowest BCUT2D eigenvalue weighted by Gasteiger charge is -2.20. The molecule has 7 heteroatoms. The molecule has 20 heavy (non-hydrogen) atoms. The van der Waals surface area contributed by atoms with Gasteiger partial charge in [0.05, 0.1) is 36.3 Å². The molecule has 2 heterocycles. The molecule has 0 fully saturated rings. The Bertz CT molecular complexity index is 572. The summed E-state index contributed by atoms with van der Waals surface area (Å²) in [5.74, 6) is 6.38. The molecule has 1 atom stereocenters. The van der Waals surface area contributed by atoms with Crippen molar-refractivity contribution in [3.63, 3.8) is 0 Å². The fourth-order valence-electron chi connectivity index (χ4n) is 2.16. The molecule has 0 aliphatic carbocycles. The van der Waals surface area contributed by atoms with E-state index < -0.39 is 0 Å². The summed E-state index contributed by atoms with van der Waals surface area (Å²) in [7, 11) is 1.60. The minimum Gasteiger partial charge on any atom is -0.495 e. The molecule has 0 radical (unpaired) electrons. The van der Waals surface area contributed by atoms with Gasteiger partial charge >= 0.3 is 0 Å². The van der Waals surface area contributed by atoms with E-state index in [1.54, 1.807) is 25.7 Å². The zero-order valence-electron chi connectivity index (χ0n) is 11.5. The molecule has 2 rings (SSSR count). The van der Waals surface area contributed by atoms with E-state index >= 15 is 0 Å². The third-order valence-corrected chi connectivity index (χ3v) is 3.35. The quantitative estimate of drug-likeness (QED) is 0.629. The van der Waals surface area contributed by atoms with Crippen LogP contribution in [0.5, 0.6) is 5.75 Å². The third-order valence-electron chi connectivity index (χ3n) is 3.06. The third kappa shape index (κ3) is 2.77. The normalized spacial score (nSPS) is 12.4. The van der Waals surface area contributed by atoms with Gasteiger partial charge in [0.1, 0.15) is 5.75 Å². The van der Waals surface area contributed by atoms with Gasteiger partial charge in [0.2, 0.25) is 0 Å². The fraction of sp³-hybridized carbons (Fsp3) is 0.385. The topological polar surface area (TPSA) is 78.0 Å². The van der Waals surface area contributed by atoms with Gasteiger partial charge in [-0.15, -0.1) is 0 Å². The standard InChI is InChI=1S/C13H18ClN5O/c1-3-6-19-13(10(14)7-17-19)12(18-15)9-4-5-16-8-11(9)20-2/h4-5,7-8,12,18H,3,6,15H2,1-2H3. The highest BCUT2D eigenvalue weighted by molar-refractivity contribution is 6.31. The largest absolute Gasteiger partial charge is 0.495 e. The molecule has 0 spiro atoms. The fourth-order valence-corrected chi connectivity index (χ4v) is 2.41. The SMILES string of the molecule is CCCn1ncc(Cl)c1C(NN)c1ccncc1OC. The van der Waals surface area contributed by atoms with E-state index in [2.05, 4.69) is 22.4 Å². The summed E-state index contributed by atoms with van der Waals surface area (Å²) in [4.78, 5) is 4.05. The lowest BCUT2D eigenvalue weighted by molar-refractivity contribution is 0.399. The maximum atomic E-state index is 6.26. The molecule has 0 amide bonds. The Kier molecular flexibility index (Phi) is 4.94. The smallest absolute Gasteiger partial charge is 0.142 e. The highest BCUT2D eigenvalue weighted by Crippen LogP contribution is 2.32. The molecular weight excluding hydrogens is 278 g/mol. The van der Waals surface area contributed by atoms with Gasteiger partial charge in [0.25, 0.3) is 0 Å². The molecule has 0 saturated heterocycles. The van der Waals surface area contributed by atoms with E-state index in [4.69, 9.17) is 22.2 Å². The van der Waals surface area contributed by atoms with Crippen LogP contribution in [0, 0.1) is 0 Å². The number of hydrazine groups is 1. The van der Waals surface area contributed by atoms with Crippen LogP contribution in [0.3, 0.4) is 0 Å². The predicted molar refractivity (Wildman–Crippen MR) is 77.5 cm³/mol. The number of aromatic nitrogens is 3. The maximum Gasteiger partial charge on any atom is 0.142 e. The number of methoxy groups -OCH3 is 1. The van der Waals surface area contributed by atoms with Crippen molar-refractivity contribution in [2.75, 3.05) is 7.11 Å². The Morgan fingerprint density at radius 3 is 2.95 bits per heavy atom. The highest BCUT2D eigenvalue weighted by Gasteiger charge is 2.23. The zero-order valence-corrected chi connectivity index (χ0v) is 12.3. The highest BCUT2D eigenvalue weighted by atomic mass is 35.5. The van der Waals surface area contributed by atoms with Gasteiger partial charge in [-0.25, -0.2) is 5.43 Å². The number of hydrogen-bond donors (Lipinski definition) is 2. The summed E-state index contributed by atoms with van der Waals surface area (Å²) in [6.45, 7) is 2.85. The molecule has 6 nitrogen and oxygen atoms in total. The van der Waals surface area contributed by atoms with E-state index in [1.807, 2.05) is 10.7 Å². The first-order valence-electron chi connectivity index (χ1n) is 6.38. The van der Waals surface area contributed by atoms with Crippen molar-refractivity contribution in [3.05, 3.63) is 40.9 Å². The Hall–Kier alpha value is -1.63. The summed E-state index contributed by atoms with van der Waals surface area (Å²) in [5, 5.41) is 4.86. The van der Waals surface area contributed by atoms with E-state index in [1.165, 1.54) is 0 Å². The lowest BCUT2D eigenvalue weighted by atomic mass is 10.0. The first kappa shape index (κ1) is 14.8.